The number of methoxy groups -OCH3 is 1. The Labute approximate surface area is 167 Å². The molecule has 0 aliphatic carbocycles. The van der Waals surface area contributed by atoms with Crippen molar-refractivity contribution >= 4 is 17.0 Å². The Balaban J connectivity index is 1.64. The van der Waals surface area contributed by atoms with Crippen molar-refractivity contribution in [3.63, 3.8) is 0 Å². The van der Waals surface area contributed by atoms with Crippen molar-refractivity contribution in [2.24, 2.45) is 0 Å². The highest BCUT2D eigenvalue weighted by Gasteiger charge is 2.18. The number of nitro benzene ring substituents is 1. The van der Waals surface area contributed by atoms with Gasteiger partial charge in [-0.05, 0) is 42.8 Å². The van der Waals surface area contributed by atoms with E-state index in [-0.39, 0.29) is 16.7 Å². The quantitative estimate of drug-likeness (QED) is 0.430. The maximum atomic E-state index is 11.2. The third kappa shape index (κ3) is 4.56. The van der Waals surface area contributed by atoms with E-state index in [1.54, 1.807) is 25.3 Å². The van der Waals surface area contributed by atoms with Gasteiger partial charge >= 0.3 is 0 Å². The molecule has 146 valence electrons. The van der Waals surface area contributed by atoms with Crippen LogP contribution in [-0.4, -0.2) is 23.2 Å². The Bertz CT molecular complexity index is 940. The molecule has 0 amide bonds. The zero-order chi connectivity index (χ0) is 20.1. The lowest BCUT2D eigenvalue weighted by molar-refractivity contribution is -0.384. The highest BCUT2D eigenvalue weighted by molar-refractivity contribution is 7.15. The number of nitrogens with one attached hydrogen (secondary N) is 1. The van der Waals surface area contributed by atoms with E-state index < -0.39 is 6.10 Å². The number of para-hydroxylation sites is 1. The summed E-state index contributed by atoms with van der Waals surface area (Å²) >= 11 is 1.51. The third-order valence-electron chi connectivity index (χ3n) is 4.56. The zero-order valence-corrected chi connectivity index (χ0v) is 16.5. The number of nitrogens with zero attached hydrogens (tertiary/aromatic N) is 1. The van der Waals surface area contributed by atoms with Crippen molar-refractivity contribution in [2.75, 3.05) is 7.11 Å². The standard InChI is InChI=1S/C21H22N2O4S/c1-14(21(24)15-7-9-16(27-2)10-8-15)22-13-17-11-12-20(28-17)18-5-3-4-6-19(18)23(25)26/h3-12,14,21-22,24H,13H2,1-2H3. The van der Waals surface area contributed by atoms with Gasteiger partial charge in [0.1, 0.15) is 5.75 Å². The van der Waals surface area contributed by atoms with Crippen LogP contribution < -0.4 is 10.1 Å². The summed E-state index contributed by atoms with van der Waals surface area (Å²) in [5.74, 6) is 0.748. The second kappa shape index (κ2) is 8.97. The molecule has 2 N–H and O–H groups in total. The van der Waals surface area contributed by atoms with E-state index in [1.807, 2.05) is 43.3 Å². The van der Waals surface area contributed by atoms with Crippen molar-refractivity contribution in [1.82, 2.24) is 5.32 Å². The molecule has 0 aliphatic heterocycles. The van der Waals surface area contributed by atoms with Gasteiger partial charge in [-0.3, -0.25) is 10.1 Å². The van der Waals surface area contributed by atoms with E-state index in [0.717, 1.165) is 21.1 Å². The van der Waals surface area contributed by atoms with E-state index in [0.29, 0.717) is 12.1 Å². The molecule has 2 aromatic carbocycles. The lowest BCUT2D eigenvalue weighted by Crippen LogP contribution is -2.31. The minimum absolute atomic E-state index is 0.104. The summed E-state index contributed by atoms with van der Waals surface area (Å²) in [6.45, 7) is 2.49. The number of thiophene rings is 1. The number of nitro groups is 1. The Morgan fingerprint density at radius 2 is 1.86 bits per heavy atom. The van der Waals surface area contributed by atoms with Crippen LogP contribution in [0, 0.1) is 10.1 Å². The molecular weight excluding hydrogens is 376 g/mol. The SMILES string of the molecule is COc1ccc(C(O)C(C)NCc2ccc(-c3ccccc3[N+](=O)[O-])s2)cc1. The highest BCUT2D eigenvalue weighted by Crippen LogP contribution is 2.34. The van der Waals surface area contributed by atoms with Gasteiger partial charge in [-0.25, -0.2) is 0 Å². The molecule has 2 unspecified atom stereocenters. The topological polar surface area (TPSA) is 84.6 Å². The molecule has 3 rings (SSSR count). The van der Waals surface area contributed by atoms with Crippen LogP contribution >= 0.6 is 11.3 Å². The minimum Gasteiger partial charge on any atom is -0.497 e. The number of aliphatic hydroxyl groups excluding tert-OH is 1. The Kier molecular flexibility index (Phi) is 6.41. The van der Waals surface area contributed by atoms with Crippen LogP contribution in [0.1, 0.15) is 23.5 Å². The maximum absolute atomic E-state index is 11.2. The molecule has 6 nitrogen and oxygen atoms in total. The first-order valence-electron chi connectivity index (χ1n) is 8.87. The minimum atomic E-state index is -0.652. The van der Waals surface area contributed by atoms with Crippen LogP contribution in [0.2, 0.25) is 0 Å². The highest BCUT2D eigenvalue weighted by atomic mass is 32.1. The van der Waals surface area contributed by atoms with E-state index in [2.05, 4.69) is 5.32 Å². The van der Waals surface area contributed by atoms with Crippen molar-refractivity contribution < 1.29 is 14.8 Å². The number of aliphatic hydroxyl groups is 1. The van der Waals surface area contributed by atoms with Crippen LogP contribution in [0.25, 0.3) is 10.4 Å². The molecule has 1 heterocycles. The summed E-state index contributed by atoms with van der Waals surface area (Å²) in [5.41, 5.74) is 1.54. The van der Waals surface area contributed by atoms with Gasteiger partial charge in [0.05, 0.1) is 23.7 Å². The van der Waals surface area contributed by atoms with Gasteiger partial charge in [-0.1, -0.05) is 24.3 Å². The van der Waals surface area contributed by atoms with Crippen LogP contribution in [0.4, 0.5) is 5.69 Å². The Morgan fingerprint density at radius 1 is 1.14 bits per heavy atom. The summed E-state index contributed by atoms with van der Waals surface area (Å²) in [6, 6.07) is 17.8. The van der Waals surface area contributed by atoms with Crippen LogP contribution in [0.5, 0.6) is 5.75 Å². The predicted molar refractivity (Wildman–Crippen MR) is 111 cm³/mol. The van der Waals surface area contributed by atoms with E-state index in [9.17, 15) is 15.2 Å². The predicted octanol–water partition coefficient (Wildman–Crippen LogP) is 4.54. The zero-order valence-electron chi connectivity index (χ0n) is 15.7. The molecule has 0 aliphatic rings. The first kappa shape index (κ1) is 20.0. The van der Waals surface area contributed by atoms with E-state index in [1.165, 1.54) is 17.4 Å². The normalized spacial score (nSPS) is 13.1. The largest absolute Gasteiger partial charge is 0.497 e. The molecule has 28 heavy (non-hydrogen) atoms. The number of rotatable bonds is 8. The van der Waals surface area contributed by atoms with Crippen molar-refractivity contribution in [3.8, 4) is 16.2 Å². The molecular formula is C21H22N2O4S. The second-order valence-corrected chi connectivity index (χ2v) is 7.60. The van der Waals surface area contributed by atoms with E-state index in [4.69, 9.17) is 4.74 Å². The summed E-state index contributed by atoms with van der Waals surface area (Å²) in [7, 11) is 1.61. The van der Waals surface area contributed by atoms with Gasteiger partial charge in [0.25, 0.3) is 5.69 Å². The average molecular weight is 398 g/mol. The Hall–Kier alpha value is -2.74. The lowest BCUT2D eigenvalue weighted by Gasteiger charge is -2.20. The van der Waals surface area contributed by atoms with Crippen LogP contribution in [0.15, 0.2) is 60.7 Å². The summed E-state index contributed by atoms with van der Waals surface area (Å²) < 4.78 is 5.14. The van der Waals surface area contributed by atoms with Crippen molar-refractivity contribution in [2.45, 2.75) is 25.6 Å². The van der Waals surface area contributed by atoms with Crippen molar-refractivity contribution in [3.05, 3.63) is 81.2 Å². The number of ether oxygens (including phenoxy) is 1. The molecule has 1 aromatic heterocycles. The van der Waals surface area contributed by atoms with Crippen molar-refractivity contribution in [1.29, 1.82) is 0 Å². The molecule has 3 aromatic rings. The third-order valence-corrected chi connectivity index (χ3v) is 5.68. The molecule has 0 fully saturated rings. The monoisotopic (exact) mass is 398 g/mol. The Morgan fingerprint density at radius 3 is 2.54 bits per heavy atom. The molecule has 0 saturated carbocycles. The molecule has 0 spiro atoms. The average Bonchev–Trinajstić information content (AvgIpc) is 3.20. The molecule has 2 atom stereocenters. The fourth-order valence-electron chi connectivity index (χ4n) is 2.92. The molecule has 0 saturated heterocycles. The van der Waals surface area contributed by atoms with Gasteiger partial charge in [-0.15, -0.1) is 11.3 Å². The van der Waals surface area contributed by atoms with Gasteiger partial charge in [0.2, 0.25) is 0 Å². The van der Waals surface area contributed by atoms with Gasteiger partial charge in [-0.2, -0.15) is 0 Å². The maximum Gasteiger partial charge on any atom is 0.278 e. The first-order valence-corrected chi connectivity index (χ1v) is 9.69. The number of hydrogen-bond donors (Lipinski definition) is 2. The van der Waals surface area contributed by atoms with E-state index >= 15 is 0 Å². The van der Waals surface area contributed by atoms with Crippen LogP contribution in [-0.2, 0) is 6.54 Å². The molecule has 0 radical (unpaired) electrons. The first-order chi connectivity index (χ1) is 13.5. The van der Waals surface area contributed by atoms with Gasteiger partial charge in [0, 0.05) is 28.4 Å². The summed E-state index contributed by atoms with van der Waals surface area (Å²) in [6.07, 6.45) is -0.652. The lowest BCUT2D eigenvalue weighted by atomic mass is 10.0. The van der Waals surface area contributed by atoms with Crippen LogP contribution in [0.3, 0.4) is 0 Å². The fraction of sp³-hybridized carbons (Fsp3) is 0.238. The molecule has 7 heteroatoms. The summed E-state index contributed by atoms with van der Waals surface area (Å²) in [4.78, 5) is 12.8. The second-order valence-electron chi connectivity index (χ2n) is 6.43. The number of hydrogen-bond acceptors (Lipinski definition) is 6. The summed E-state index contributed by atoms with van der Waals surface area (Å²) in [5, 5.41) is 25.1. The fourth-order valence-corrected chi connectivity index (χ4v) is 3.91. The van der Waals surface area contributed by atoms with Gasteiger partial charge < -0.3 is 15.2 Å². The van der Waals surface area contributed by atoms with Gasteiger partial charge in [0.15, 0.2) is 0 Å². The number of benzene rings is 2. The molecule has 0 bridgehead atoms. The smallest absolute Gasteiger partial charge is 0.278 e.